The lowest BCUT2D eigenvalue weighted by Crippen LogP contribution is -2.56. The molecule has 0 bridgehead atoms. The molecule has 2 heterocycles. The van der Waals surface area contributed by atoms with Gasteiger partial charge < -0.3 is 10.6 Å². The number of likely N-dealkylation sites (tertiary alicyclic amines) is 1. The molecule has 3 rings (SSSR count). The van der Waals surface area contributed by atoms with Crippen LogP contribution in [0.3, 0.4) is 0 Å². The van der Waals surface area contributed by atoms with Gasteiger partial charge in [-0.05, 0) is 44.9 Å². The van der Waals surface area contributed by atoms with Crippen LogP contribution in [0.2, 0.25) is 0 Å². The highest BCUT2D eigenvalue weighted by Gasteiger charge is 2.49. The first-order valence-corrected chi connectivity index (χ1v) is 9.98. The molecule has 0 spiro atoms. The molecule has 10 heteroatoms. The molecule has 31 heavy (non-hydrogen) atoms. The maximum absolute atomic E-state index is 13.9. The fraction of sp³-hybridized carbons (Fsp3) is 0.524. The third-order valence-electron chi connectivity index (χ3n) is 5.59. The van der Waals surface area contributed by atoms with E-state index in [1.54, 1.807) is 18.2 Å². The molecule has 0 aliphatic carbocycles. The van der Waals surface area contributed by atoms with E-state index in [1.165, 1.54) is 18.7 Å². The van der Waals surface area contributed by atoms with Crippen LogP contribution in [0, 0.1) is 6.92 Å². The Hall–Kier alpha value is -2.49. The Bertz CT molecular complexity index is 925. The first-order valence-electron chi connectivity index (χ1n) is 9.98. The van der Waals surface area contributed by atoms with Gasteiger partial charge >= 0.3 is 6.18 Å². The highest BCUT2D eigenvalue weighted by Crippen LogP contribution is 2.38. The zero-order chi connectivity index (χ0) is 23.0. The minimum Gasteiger partial charge on any atom is -0.340 e. The van der Waals surface area contributed by atoms with Crippen LogP contribution in [-0.4, -0.2) is 47.5 Å². The second-order valence-electron chi connectivity index (χ2n) is 8.12. The lowest BCUT2D eigenvalue weighted by Gasteiger charge is -2.42. The van der Waals surface area contributed by atoms with Crippen LogP contribution in [0.5, 0.6) is 0 Å². The number of alkyl halides is 5. The Morgan fingerprint density at radius 2 is 1.90 bits per heavy atom. The quantitative estimate of drug-likeness (QED) is 0.670. The largest absolute Gasteiger partial charge is 0.449 e. The number of anilines is 1. The maximum atomic E-state index is 13.9. The first kappa shape index (κ1) is 23.2. The summed E-state index contributed by atoms with van der Waals surface area (Å²) in [5.41, 5.74) is -0.451. The number of benzene rings is 1. The molecule has 2 aliphatic rings. The fourth-order valence-electron chi connectivity index (χ4n) is 4.06. The summed E-state index contributed by atoms with van der Waals surface area (Å²) in [4.78, 5) is 18.5. The van der Waals surface area contributed by atoms with Crippen molar-refractivity contribution in [2.45, 2.75) is 57.8 Å². The summed E-state index contributed by atoms with van der Waals surface area (Å²) in [5, 5.41) is 4.88. The van der Waals surface area contributed by atoms with Gasteiger partial charge in [0.1, 0.15) is 5.66 Å². The third-order valence-corrected chi connectivity index (χ3v) is 5.59. The average Bonchev–Trinajstić information content (AvgIpc) is 2.81. The second-order valence-corrected chi connectivity index (χ2v) is 8.12. The molecule has 5 nitrogen and oxygen atoms in total. The molecule has 1 fully saturated rings. The molecular weight excluding hydrogens is 419 g/mol. The number of rotatable bonds is 3. The Balaban J connectivity index is 2.01. The lowest BCUT2D eigenvalue weighted by atomic mass is 9.94. The van der Waals surface area contributed by atoms with Crippen LogP contribution in [0.4, 0.5) is 27.6 Å². The van der Waals surface area contributed by atoms with E-state index in [2.05, 4.69) is 15.6 Å². The number of hydrogen-bond donors (Lipinski definition) is 2. The number of nitrogens with one attached hydrogen (secondary N) is 2. The zero-order valence-electron chi connectivity index (χ0n) is 17.5. The minimum atomic E-state index is -4.78. The molecular formula is C21H25F5N4O. The topological polar surface area (TPSA) is 56.7 Å². The van der Waals surface area contributed by atoms with E-state index in [1.807, 2.05) is 13.0 Å². The molecule has 0 saturated carbocycles. The van der Waals surface area contributed by atoms with Crippen LogP contribution in [0.1, 0.15) is 38.7 Å². The molecule has 1 aromatic rings. The van der Waals surface area contributed by atoms with Crippen molar-refractivity contribution in [3.05, 3.63) is 41.1 Å². The highest BCUT2D eigenvalue weighted by atomic mass is 19.4. The maximum Gasteiger partial charge on any atom is 0.449 e. The normalized spacial score (nSPS) is 24.8. The second kappa shape index (κ2) is 8.22. The van der Waals surface area contributed by atoms with Crippen molar-refractivity contribution in [2.75, 3.05) is 18.4 Å². The van der Waals surface area contributed by atoms with Gasteiger partial charge in [0, 0.05) is 37.3 Å². The molecule has 1 amide bonds. The van der Waals surface area contributed by atoms with E-state index < -0.39 is 35.9 Å². The Morgan fingerprint density at radius 1 is 1.19 bits per heavy atom. The predicted molar refractivity (Wildman–Crippen MR) is 108 cm³/mol. The molecule has 1 saturated heterocycles. The van der Waals surface area contributed by atoms with E-state index in [0.29, 0.717) is 5.69 Å². The molecule has 170 valence electrons. The summed E-state index contributed by atoms with van der Waals surface area (Å²) in [5.74, 6) is -4.80. The monoisotopic (exact) mass is 444 g/mol. The van der Waals surface area contributed by atoms with Gasteiger partial charge in [-0.2, -0.15) is 13.2 Å². The van der Waals surface area contributed by atoms with Gasteiger partial charge in [0.15, 0.2) is 0 Å². The SMILES string of the molecule is CC1=C(C(=O)Nc2cccc(C)c2)C(C)(N2CCCC(F)(F)CC2)N=C(C(F)(F)F)N1. The van der Waals surface area contributed by atoms with E-state index >= 15 is 0 Å². The van der Waals surface area contributed by atoms with E-state index in [-0.39, 0.29) is 37.2 Å². The molecule has 1 unspecified atom stereocenters. The van der Waals surface area contributed by atoms with E-state index in [9.17, 15) is 26.7 Å². The van der Waals surface area contributed by atoms with Gasteiger partial charge in [0.05, 0.1) is 5.57 Å². The van der Waals surface area contributed by atoms with Crippen molar-refractivity contribution in [3.63, 3.8) is 0 Å². The average molecular weight is 444 g/mol. The van der Waals surface area contributed by atoms with Crippen molar-refractivity contribution < 1.29 is 26.7 Å². The Labute approximate surface area is 177 Å². The number of carbonyl (C=O) groups is 1. The van der Waals surface area contributed by atoms with Crippen molar-refractivity contribution in [1.82, 2.24) is 10.2 Å². The number of aliphatic imine (C=N–C) groups is 1. The number of aryl methyl sites for hydroxylation is 1. The van der Waals surface area contributed by atoms with Crippen molar-refractivity contribution in [2.24, 2.45) is 4.99 Å². The van der Waals surface area contributed by atoms with Gasteiger partial charge in [0.25, 0.3) is 5.91 Å². The van der Waals surface area contributed by atoms with Crippen LogP contribution < -0.4 is 10.6 Å². The molecule has 1 aromatic carbocycles. The number of nitrogens with zero attached hydrogens (tertiary/aromatic N) is 2. The molecule has 0 aromatic heterocycles. The number of allylic oxidation sites excluding steroid dienone is 1. The number of amides is 1. The fourth-order valence-corrected chi connectivity index (χ4v) is 4.06. The van der Waals surface area contributed by atoms with Gasteiger partial charge in [-0.25, -0.2) is 13.8 Å². The number of amidine groups is 1. The summed E-state index contributed by atoms with van der Waals surface area (Å²) >= 11 is 0. The van der Waals surface area contributed by atoms with Crippen LogP contribution in [-0.2, 0) is 4.79 Å². The Morgan fingerprint density at radius 3 is 2.55 bits per heavy atom. The van der Waals surface area contributed by atoms with Crippen LogP contribution >= 0.6 is 0 Å². The number of hydrogen-bond acceptors (Lipinski definition) is 4. The summed E-state index contributed by atoms with van der Waals surface area (Å²) in [6.45, 7) is 4.47. The molecule has 0 radical (unpaired) electrons. The number of halogens is 5. The minimum absolute atomic E-state index is 0.0222. The lowest BCUT2D eigenvalue weighted by molar-refractivity contribution is -0.114. The third kappa shape index (κ3) is 5.06. The van der Waals surface area contributed by atoms with Crippen molar-refractivity contribution >= 4 is 17.4 Å². The van der Waals surface area contributed by atoms with E-state index in [0.717, 1.165) is 5.56 Å². The number of carbonyl (C=O) groups excluding carboxylic acids is 1. The van der Waals surface area contributed by atoms with Crippen molar-refractivity contribution in [3.8, 4) is 0 Å². The zero-order valence-corrected chi connectivity index (χ0v) is 17.5. The molecule has 2 N–H and O–H groups in total. The summed E-state index contributed by atoms with van der Waals surface area (Å²) in [6, 6.07) is 6.95. The Kier molecular flexibility index (Phi) is 6.14. The van der Waals surface area contributed by atoms with Gasteiger partial charge in [0.2, 0.25) is 11.8 Å². The van der Waals surface area contributed by atoms with Gasteiger partial charge in [-0.1, -0.05) is 12.1 Å². The van der Waals surface area contributed by atoms with Gasteiger partial charge in [-0.15, -0.1) is 0 Å². The summed E-state index contributed by atoms with van der Waals surface area (Å²) in [6.07, 6.45) is -5.57. The van der Waals surface area contributed by atoms with E-state index in [4.69, 9.17) is 0 Å². The van der Waals surface area contributed by atoms with Crippen LogP contribution in [0.15, 0.2) is 40.5 Å². The van der Waals surface area contributed by atoms with Gasteiger partial charge in [-0.3, -0.25) is 9.69 Å². The standard InChI is InChI=1S/C21H25F5N4O/c1-13-6-4-7-15(12-13)28-17(31)16-14(2)27-18(21(24,25)26)29-19(16,3)30-10-5-8-20(22,23)9-11-30/h4,6-7,12H,5,8-11H2,1-3H3,(H,27,29)(H,28,31). The highest BCUT2D eigenvalue weighted by molar-refractivity contribution is 6.07. The summed E-state index contributed by atoms with van der Waals surface area (Å²) in [7, 11) is 0. The summed E-state index contributed by atoms with van der Waals surface area (Å²) < 4.78 is 68.3. The molecule has 1 atom stereocenters. The van der Waals surface area contributed by atoms with Crippen LogP contribution in [0.25, 0.3) is 0 Å². The predicted octanol–water partition coefficient (Wildman–Crippen LogP) is 4.61. The van der Waals surface area contributed by atoms with Crippen molar-refractivity contribution in [1.29, 1.82) is 0 Å². The first-order chi connectivity index (χ1) is 14.3. The molecule has 2 aliphatic heterocycles. The smallest absolute Gasteiger partial charge is 0.340 e.